The minimum atomic E-state index is 0.127. The maximum absolute atomic E-state index is 13.6. The van der Waals surface area contributed by atoms with Crippen molar-refractivity contribution in [1.29, 1.82) is 0 Å². The van der Waals surface area contributed by atoms with Crippen molar-refractivity contribution in [3.63, 3.8) is 0 Å². The van der Waals surface area contributed by atoms with Crippen LogP contribution < -0.4 is 0 Å². The van der Waals surface area contributed by atoms with E-state index in [-0.39, 0.29) is 11.8 Å². The molecule has 3 rings (SSSR count). The van der Waals surface area contributed by atoms with E-state index in [2.05, 4.69) is 77.1 Å². The molecule has 0 heterocycles. The fourth-order valence-electron chi connectivity index (χ4n) is 5.13. The van der Waals surface area contributed by atoms with E-state index < -0.39 is 0 Å². The van der Waals surface area contributed by atoms with Gasteiger partial charge in [-0.15, -0.1) is 0 Å². The third kappa shape index (κ3) is 4.85. The Bertz CT molecular complexity index is 721. The zero-order valence-electron chi connectivity index (χ0n) is 18.5. The van der Waals surface area contributed by atoms with Gasteiger partial charge in [-0.3, -0.25) is 4.79 Å². The molecule has 28 heavy (non-hydrogen) atoms. The first kappa shape index (κ1) is 21.1. The summed E-state index contributed by atoms with van der Waals surface area (Å²) in [6.45, 7) is 11.4. The Hall–Kier alpha value is -1.63. The van der Waals surface area contributed by atoms with Crippen molar-refractivity contribution < 1.29 is 4.79 Å². The molecule has 0 radical (unpaired) electrons. The molecule has 0 aromatic heterocycles. The second kappa shape index (κ2) is 8.80. The summed E-state index contributed by atoms with van der Waals surface area (Å²) in [5.41, 5.74) is 4.09. The van der Waals surface area contributed by atoms with Gasteiger partial charge < -0.3 is 0 Å². The van der Waals surface area contributed by atoms with Crippen LogP contribution in [0.2, 0.25) is 0 Å². The van der Waals surface area contributed by atoms with E-state index in [1.54, 1.807) is 0 Å². The molecule has 1 nitrogen and oxygen atoms in total. The molecule has 152 valence electrons. The Morgan fingerprint density at radius 1 is 1.04 bits per heavy atom. The molecule has 2 atom stereocenters. The van der Waals surface area contributed by atoms with Crippen molar-refractivity contribution in [3.8, 4) is 0 Å². The smallest absolute Gasteiger partial charge is 0.163 e. The molecule has 0 saturated heterocycles. The first-order chi connectivity index (χ1) is 13.3. The highest BCUT2D eigenvalue weighted by Crippen LogP contribution is 2.43. The summed E-state index contributed by atoms with van der Waals surface area (Å²) in [7, 11) is 0. The summed E-state index contributed by atoms with van der Waals surface area (Å²) >= 11 is 0. The van der Waals surface area contributed by atoms with Gasteiger partial charge in [0, 0.05) is 17.4 Å². The minimum Gasteiger partial charge on any atom is -0.294 e. The largest absolute Gasteiger partial charge is 0.294 e. The van der Waals surface area contributed by atoms with Crippen LogP contribution in [0.4, 0.5) is 0 Å². The molecule has 2 aliphatic carbocycles. The van der Waals surface area contributed by atoms with Crippen molar-refractivity contribution in [1.82, 2.24) is 0 Å². The Morgan fingerprint density at radius 2 is 1.64 bits per heavy atom. The molecule has 1 aromatic carbocycles. The van der Waals surface area contributed by atoms with Gasteiger partial charge in [0.05, 0.1) is 0 Å². The van der Waals surface area contributed by atoms with Crippen LogP contribution in [-0.2, 0) is 17.6 Å². The monoisotopic (exact) mass is 378 g/mol. The average Bonchev–Trinajstić information content (AvgIpc) is 3.11. The lowest BCUT2D eigenvalue weighted by atomic mass is 9.65. The Labute approximate surface area is 172 Å². The number of hydrogen-bond acceptors (Lipinski definition) is 1. The summed E-state index contributed by atoms with van der Waals surface area (Å²) in [6, 6.07) is 8.94. The van der Waals surface area contributed by atoms with Crippen LogP contribution in [0.3, 0.4) is 0 Å². The van der Waals surface area contributed by atoms with Crippen LogP contribution in [-0.4, -0.2) is 5.78 Å². The van der Waals surface area contributed by atoms with E-state index in [9.17, 15) is 4.79 Å². The molecule has 2 unspecified atom stereocenters. The van der Waals surface area contributed by atoms with Crippen molar-refractivity contribution in [2.75, 3.05) is 0 Å². The lowest BCUT2D eigenvalue weighted by Gasteiger charge is -2.39. The molecule has 1 aromatic rings. The standard InChI is InChI=1S/C27H38O/c1-6-20-10-12-21(13-11-20)18-25(26(28)24-9-7-8-19(24)2)22-14-16-23(17-15-22)27(3,4)5/h7-13,19,22-23,25H,6,14-18H2,1-5H3. The maximum Gasteiger partial charge on any atom is 0.163 e. The molecule has 0 bridgehead atoms. The van der Waals surface area contributed by atoms with Crippen molar-refractivity contribution in [2.24, 2.45) is 29.1 Å². The highest BCUT2D eigenvalue weighted by Gasteiger charge is 2.37. The van der Waals surface area contributed by atoms with Crippen molar-refractivity contribution in [3.05, 3.63) is 59.2 Å². The lowest BCUT2D eigenvalue weighted by molar-refractivity contribution is -0.121. The number of rotatable bonds is 6. The number of ketones is 1. The zero-order chi connectivity index (χ0) is 20.3. The van der Waals surface area contributed by atoms with Gasteiger partial charge in [0.25, 0.3) is 0 Å². The van der Waals surface area contributed by atoms with Gasteiger partial charge in [0.2, 0.25) is 0 Å². The molecule has 2 aliphatic rings. The van der Waals surface area contributed by atoms with E-state index in [0.717, 1.165) is 24.3 Å². The molecule has 0 spiro atoms. The fourth-order valence-corrected chi connectivity index (χ4v) is 5.13. The van der Waals surface area contributed by atoms with Crippen LogP contribution in [0.25, 0.3) is 0 Å². The summed E-state index contributed by atoms with van der Waals surface area (Å²) in [5.74, 6) is 2.10. The van der Waals surface area contributed by atoms with Crippen molar-refractivity contribution in [2.45, 2.75) is 73.1 Å². The number of carbonyl (C=O) groups is 1. The number of hydrogen-bond donors (Lipinski definition) is 0. The summed E-state index contributed by atoms with van der Waals surface area (Å²) in [6.07, 6.45) is 13.1. The van der Waals surface area contributed by atoms with Crippen LogP contribution in [0.15, 0.2) is 48.1 Å². The molecule has 0 N–H and O–H groups in total. The molecular weight excluding hydrogens is 340 g/mol. The van der Waals surface area contributed by atoms with Gasteiger partial charge >= 0.3 is 0 Å². The van der Waals surface area contributed by atoms with E-state index in [4.69, 9.17) is 0 Å². The molecule has 0 amide bonds. The van der Waals surface area contributed by atoms with E-state index in [1.807, 2.05) is 0 Å². The quantitative estimate of drug-likeness (QED) is 0.523. The number of benzene rings is 1. The SMILES string of the molecule is CCc1ccc(CC(C(=O)C2=CC=CC2C)C2CCC(C(C)(C)C)CC2)cc1. The highest BCUT2D eigenvalue weighted by atomic mass is 16.1. The number of Topliss-reactive ketones (excluding diaryl/α,β-unsaturated/α-hetero) is 1. The number of carbonyl (C=O) groups excluding carboxylic acids is 1. The predicted molar refractivity (Wildman–Crippen MR) is 119 cm³/mol. The average molecular weight is 379 g/mol. The molecular formula is C27H38O. The fraction of sp³-hybridized carbons (Fsp3) is 0.593. The van der Waals surface area contributed by atoms with Gasteiger partial charge in [-0.05, 0) is 66.9 Å². The summed E-state index contributed by atoms with van der Waals surface area (Å²) < 4.78 is 0. The van der Waals surface area contributed by atoms with E-state index in [0.29, 0.717) is 17.1 Å². The van der Waals surface area contributed by atoms with E-state index >= 15 is 0 Å². The van der Waals surface area contributed by atoms with Gasteiger partial charge in [0.15, 0.2) is 5.78 Å². The van der Waals surface area contributed by atoms with Crippen LogP contribution >= 0.6 is 0 Å². The minimum absolute atomic E-state index is 0.127. The predicted octanol–water partition coefficient (Wildman–Crippen LogP) is 6.96. The second-order valence-corrected chi connectivity index (χ2v) is 10.1. The zero-order valence-corrected chi connectivity index (χ0v) is 18.5. The van der Waals surface area contributed by atoms with E-state index in [1.165, 1.54) is 36.8 Å². The van der Waals surface area contributed by atoms with Gasteiger partial charge in [0.1, 0.15) is 0 Å². The lowest BCUT2D eigenvalue weighted by Crippen LogP contribution is -2.33. The number of aryl methyl sites for hydroxylation is 1. The third-order valence-electron chi connectivity index (χ3n) is 7.24. The van der Waals surface area contributed by atoms with Crippen LogP contribution in [0, 0.1) is 29.1 Å². The third-order valence-corrected chi connectivity index (χ3v) is 7.24. The second-order valence-electron chi connectivity index (χ2n) is 10.1. The Balaban J connectivity index is 1.77. The molecule has 1 saturated carbocycles. The van der Waals surface area contributed by atoms with Crippen LogP contribution in [0.1, 0.15) is 71.4 Å². The molecule has 1 fully saturated rings. The van der Waals surface area contributed by atoms with Gasteiger partial charge in [-0.1, -0.05) is 77.1 Å². The molecule has 0 aliphatic heterocycles. The Morgan fingerprint density at radius 3 is 2.14 bits per heavy atom. The maximum atomic E-state index is 13.6. The Kier molecular flexibility index (Phi) is 6.63. The molecule has 1 heteroatoms. The summed E-state index contributed by atoms with van der Waals surface area (Å²) in [4.78, 5) is 13.6. The highest BCUT2D eigenvalue weighted by molar-refractivity contribution is 5.99. The first-order valence-corrected chi connectivity index (χ1v) is 11.3. The topological polar surface area (TPSA) is 17.1 Å². The van der Waals surface area contributed by atoms with Crippen molar-refractivity contribution >= 4 is 5.78 Å². The first-order valence-electron chi connectivity index (χ1n) is 11.3. The van der Waals surface area contributed by atoms with Crippen LogP contribution in [0.5, 0.6) is 0 Å². The normalized spacial score (nSPS) is 26.2. The van der Waals surface area contributed by atoms with Gasteiger partial charge in [-0.25, -0.2) is 0 Å². The van der Waals surface area contributed by atoms with Gasteiger partial charge in [-0.2, -0.15) is 0 Å². The summed E-state index contributed by atoms with van der Waals surface area (Å²) in [5, 5.41) is 0. The number of allylic oxidation sites excluding steroid dienone is 4.